The molecule has 0 saturated carbocycles. The van der Waals surface area contributed by atoms with E-state index in [4.69, 9.17) is 10.3 Å². The number of aromatic hydroxyl groups is 1. The predicted molar refractivity (Wildman–Crippen MR) is 70.1 cm³/mol. The van der Waals surface area contributed by atoms with Gasteiger partial charge < -0.3 is 9.84 Å². The van der Waals surface area contributed by atoms with Crippen molar-refractivity contribution in [3.05, 3.63) is 42.5 Å². The molecule has 0 heterocycles. The fourth-order valence-electron chi connectivity index (χ4n) is 1.43. The van der Waals surface area contributed by atoms with Crippen LogP contribution in [0.4, 0.5) is 17.1 Å². The summed E-state index contributed by atoms with van der Waals surface area (Å²) >= 11 is 0. The highest BCUT2D eigenvalue weighted by molar-refractivity contribution is 5.58. The molecule has 0 fully saturated rings. The number of nitrogens with one attached hydrogen (secondary N) is 1. The van der Waals surface area contributed by atoms with Gasteiger partial charge >= 0.3 is 0 Å². The summed E-state index contributed by atoms with van der Waals surface area (Å²) in [6.45, 7) is 0. The van der Waals surface area contributed by atoms with Gasteiger partial charge in [-0.2, -0.15) is 15.3 Å². The van der Waals surface area contributed by atoms with Crippen molar-refractivity contribution in [2.24, 2.45) is 15.3 Å². The lowest BCUT2D eigenvalue weighted by Gasteiger charge is -1.99. The molecule has 0 aliphatic carbocycles. The molecule has 0 atom stereocenters. The number of hydrogen-bond acceptors (Lipinski definition) is 6. The van der Waals surface area contributed by atoms with Gasteiger partial charge in [-0.15, -0.1) is 0 Å². The molecule has 96 valence electrons. The van der Waals surface area contributed by atoms with Gasteiger partial charge in [0.1, 0.15) is 17.2 Å². The van der Waals surface area contributed by atoms with Crippen molar-refractivity contribution in [2.75, 3.05) is 7.11 Å². The highest BCUT2D eigenvalue weighted by atomic mass is 16.5. The lowest BCUT2D eigenvalue weighted by molar-refractivity contribution is 0.415. The van der Waals surface area contributed by atoms with Crippen LogP contribution in [0, 0.1) is 5.53 Å². The number of nitrogens with zero attached hydrogens (tertiary/aromatic N) is 3. The predicted octanol–water partition coefficient (Wildman–Crippen LogP) is 4.48. The van der Waals surface area contributed by atoms with Gasteiger partial charge in [-0.25, -0.2) is 5.53 Å². The summed E-state index contributed by atoms with van der Waals surface area (Å²) in [4.78, 5) is 0. The summed E-state index contributed by atoms with van der Waals surface area (Å²) in [5.41, 5.74) is 8.25. The largest absolute Gasteiger partial charge is 0.506 e. The van der Waals surface area contributed by atoms with E-state index in [-0.39, 0.29) is 11.4 Å². The molecule has 0 aliphatic rings. The lowest BCUT2D eigenvalue weighted by atomic mass is 10.2. The van der Waals surface area contributed by atoms with Crippen LogP contribution in [0.5, 0.6) is 11.5 Å². The first-order valence-corrected chi connectivity index (χ1v) is 5.49. The van der Waals surface area contributed by atoms with E-state index in [1.165, 1.54) is 12.1 Å². The third-order valence-corrected chi connectivity index (χ3v) is 2.43. The molecule has 2 aromatic carbocycles. The van der Waals surface area contributed by atoms with Crippen LogP contribution in [0.25, 0.3) is 0 Å². The van der Waals surface area contributed by atoms with E-state index >= 15 is 0 Å². The molecular formula is C13H12N4O2. The van der Waals surface area contributed by atoms with Gasteiger partial charge in [-0.3, -0.25) is 0 Å². The summed E-state index contributed by atoms with van der Waals surface area (Å²) in [6.07, 6.45) is 0. The molecule has 0 bridgehead atoms. The Hall–Kier alpha value is -2.76. The Morgan fingerprint density at radius 2 is 1.63 bits per heavy atom. The molecule has 0 spiro atoms. The smallest absolute Gasteiger partial charge is 0.143 e. The third kappa shape index (κ3) is 3.12. The summed E-state index contributed by atoms with van der Waals surface area (Å²) in [6, 6.07) is 11.6. The van der Waals surface area contributed by atoms with Gasteiger partial charge in [0.25, 0.3) is 0 Å². The highest BCUT2D eigenvalue weighted by Crippen LogP contribution is 2.31. The van der Waals surface area contributed by atoms with E-state index in [1.807, 2.05) is 0 Å². The third-order valence-electron chi connectivity index (χ3n) is 2.43. The molecule has 0 saturated heterocycles. The van der Waals surface area contributed by atoms with Gasteiger partial charge in [0.15, 0.2) is 0 Å². The van der Waals surface area contributed by atoms with Crippen molar-refractivity contribution >= 4 is 17.1 Å². The maximum atomic E-state index is 9.38. The van der Waals surface area contributed by atoms with E-state index in [2.05, 4.69) is 15.3 Å². The maximum absolute atomic E-state index is 9.38. The average molecular weight is 256 g/mol. The zero-order valence-electron chi connectivity index (χ0n) is 10.2. The summed E-state index contributed by atoms with van der Waals surface area (Å²) in [7, 11) is 1.60. The van der Waals surface area contributed by atoms with Crippen molar-refractivity contribution in [3.63, 3.8) is 0 Å². The van der Waals surface area contributed by atoms with E-state index in [0.29, 0.717) is 11.4 Å². The molecular weight excluding hydrogens is 244 g/mol. The molecule has 6 heteroatoms. The summed E-state index contributed by atoms with van der Waals surface area (Å²) < 4.78 is 5.04. The molecule has 2 aromatic rings. The van der Waals surface area contributed by atoms with Crippen LogP contribution in [-0.2, 0) is 0 Å². The van der Waals surface area contributed by atoms with Crippen LogP contribution in [0.3, 0.4) is 0 Å². The van der Waals surface area contributed by atoms with Crippen LogP contribution in [0.15, 0.2) is 57.8 Å². The van der Waals surface area contributed by atoms with Crippen molar-refractivity contribution in [1.82, 2.24) is 0 Å². The summed E-state index contributed by atoms with van der Waals surface area (Å²) in [5.74, 6) is 0.692. The van der Waals surface area contributed by atoms with Crippen molar-refractivity contribution < 1.29 is 9.84 Å². The van der Waals surface area contributed by atoms with E-state index in [9.17, 15) is 5.11 Å². The normalized spacial score (nSPS) is 10.6. The van der Waals surface area contributed by atoms with Crippen LogP contribution < -0.4 is 4.74 Å². The van der Waals surface area contributed by atoms with Crippen molar-refractivity contribution in [3.8, 4) is 11.5 Å². The van der Waals surface area contributed by atoms with Crippen LogP contribution in [0.2, 0.25) is 0 Å². The van der Waals surface area contributed by atoms with Gasteiger partial charge in [0, 0.05) is 0 Å². The Bertz CT molecular complexity index is 609. The second kappa shape index (κ2) is 5.72. The standard InChI is InChI=1S/C13H12N4O2/c1-19-11-5-2-9(3-6-11)16-17-10-4-7-13(18)12(8-10)15-14/h2-8,14,18H,1H3. The van der Waals surface area contributed by atoms with Crippen molar-refractivity contribution in [2.45, 2.75) is 0 Å². The van der Waals surface area contributed by atoms with E-state index in [0.717, 1.165) is 5.75 Å². The maximum Gasteiger partial charge on any atom is 0.143 e. The second-order valence-electron chi connectivity index (χ2n) is 3.68. The quantitative estimate of drug-likeness (QED) is 0.789. The molecule has 2 rings (SSSR count). The molecule has 19 heavy (non-hydrogen) atoms. The first-order chi connectivity index (χ1) is 9.22. The molecule has 0 aliphatic heterocycles. The molecule has 6 nitrogen and oxygen atoms in total. The Balaban J connectivity index is 2.19. The average Bonchev–Trinajstić information content (AvgIpc) is 2.47. The molecule has 0 unspecified atom stereocenters. The van der Waals surface area contributed by atoms with Crippen LogP contribution in [-0.4, -0.2) is 12.2 Å². The number of ether oxygens (including phenoxy) is 1. The Morgan fingerprint density at radius 1 is 1.00 bits per heavy atom. The molecule has 2 N–H and O–H groups in total. The SMILES string of the molecule is COc1ccc(N=Nc2ccc(O)c(N=N)c2)cc1. The number of methoxy groups -OCH3 is 1. The molecule has 0 radical (unpaired) electrons. The van der Waals surface area contributed by atoms with Crippen LogP contribution >= 0.6 is 0 Å². The van der Waals surface area contributed by atoms with Crippen LogP contribution in [0.1, 0.15) is 0 Å². The summed E-state index contributed by atoms with van der Waals surface area (Å²) in [5, 5.41) is 20.6. The van der Waals surface area contributed by atoms with Gasteiger partial charge in [-0.1, -0.05) is 0 Å². The number of rotatable bonds is 4. The Labute approximate surface area is 109 Å². The second-order valence-corrected chi connectivity index (χ2v) is 3.68. The fourth-order valence-corrected chi connectivity index (χ4v) is 1.43. The number of phenols is 1. The van der Waals surface area contributed by atoms with E-state index in [1.54, 1.807) is 37.4 Å². The topological polar surface area (TPSA) is 90.4 Å². The minimum atomic E-state index is -0.0570. The fraction of sp³-hybridized carbons (Fsp3) is 0.0769. The molecule has 0 amide bonds. The Morgan fingerprint density at radius 3 is 2.26 bits per heavy atom. The minimum absolute atomic E-state index is 0.0570. The van der Waals surface area contributed by atoms with Gasteiger partial charge in [0.05, 0.1) is 18.5 Å². The number of hydrogen-bond donors (Lipinski definition) is 2. The lowest BCUT2D eigenvalue weighted by Crippen LogP contribution is -1.79. The first kappa shape index (κ1) is 12.7. The van der Waals surface area contributed by atoms with Gasteiger partial charge in [-0.05, 0) is 42.5 Å². The monoisotopic (exact) mass is 256 g/mol. The Kier molecular flexibility index (Phi) is 3.82. The van der Waals surface area contributed by atoms with Crippen molar-refractivity contribution in [1.29, 1.82) is 5.53 Å². The van der Waals surface area contributed by atoms with E-state index < -0.39 is 0 Å². The minimum Gasteiger partial charge on any atom is -0.506 e. The van der Waals surface area contributed by atoms with Gasteiger partial charge in [0.2, 0.25) is 0 Å². The highest BCUT2D eigenvalue weighted by Gasteiger charge is 2.00. The zero-order valence-corrected chi connectivity index (χ0v) is 10.2. The first-order valence-electron chi connectivity index (χ1n) is 5.49. The number of phenolic OH excluding ortho intramolecular Hbond substituents is 1. The zero-order chi connectivity index (χ0) is 13.7. The number of azo groups is 1. The molecule has 0 aromatic heterocycles. The number of benzene rings is 2.